The lowest BCUT2D eigenvalue weighted by Gasteiger charge is -2.38. The number of nitrogens with zero attached hydrogens (tertiary/aromatic N) is 1. The molecule has 2 unspecified atom stereocenters. The van der Waals surface area contributed by atoms with Crippen LogP contribution in [-0.2, 0) is 9.47 Å². The monoisotopic (exact) mass is 303 g/mol. The van der Waals surface area contributed by atoms with Gasteiger partial charge in [0.15, 0.2) is 0 Å². The van der Waals surface area contributed by atoms with Gasteiger partial charge in [-0.25, -0.2) is 9.18 Å². The van der Waals surface area contributed by atoms with Crippen LogP contribution in [-0.4, -0.2) is 36.8 Å². The van der Waals surface area contributed by atoms with E-state index in [1.165, 1.54) is 6.07 Å². The van der Waals surface area contributed by atoms with Crippen molar-refractivity contribution < 1.29 is 18.7 Å². The zero-order valence-electron chi connectivity index (χ0n) is 11.5. The zero-order chi connectivity index (χ0) is 13.8. The molecule has 6 heteroatoms. The van der Waals surface area contributed by atoms with Crippen molar-refractivity contribution in [2.75, 3.05) is 19.8 Å². The van der Waals surface area contributed by atoms with E-state index in [-0.39, 0.29) is 30.4 Å². The third-order valence-electron chi connectivity index (χ3n) is 3.27. The van der Waals surface area contributed by atoms with Crippen LogP contribution in [0.1, 0.15) is 25.5 Å². The minimum absolute atomic E-state index is 0. The number of morpholine rings is 1. The lowest BCUT2D eigenvalue weighted by Crippen LogP contribution is -2.49. The number of halogens is 2. The van der Waals surface area contributed by atoms with Gasteiger partial charge >= 0.3 is 6.09 Å². The molecule has 1 aliphatic heterocycles. The molecular weight excluding hydrogens is 285 g/mol. The van der Waals surface area contributed by atoms with Crippen LogP contribution < -0.4 is 0 Å². The predicted molar refractivity (Wildman–Crippen MR) is 75.5 cm³/mol. The molecule has 20 heavy (non-hydrogen) atoms. The highest BCUT2D eigenvalue weighted by molar-refractivity contribution is 5.85. The van der Waals surface area contributed by atoms with Crippen molar-refractivity contribution in [1.82, 2.24) is 4.90 Å². The summed E-state index contributed by atoms with van der Waals surface area (Å²) in [5, 5.41) is 0. The Kier molecular flexibility index (Phi) is 6.23. The molecule has 1 heterocycles. The first-order valence-electron chi connectivity index (χ1n) is 6.44. The average molecular weight is 304 g/mol. The van der Waals surface area contributed by atoms with Crippen LogP contribution in [0.15, 0.2) is 24.3 Å². The van der Waals surface area contributed by atoms with Gasteiger partial charge in [-0.1, -0.05) is 18.2 Å². The molecule has 1 fully saturated rings. The molecule has 1 aromatic carbocycles. The maximum absolute atomic E-state index is 13.8. The number of hydrogen-bond acceptors (Lipinski definition) is 3. The van der Waals surface area contributed by atoms with Gasteiger partial charge in [-0.15, -0.1) is 12.4 Å². The van der Waals surface area contributed by atoms with E-state index in [4.69, 9.17) is 9.47 Å². The van der Waals surface area contributed by atoms with E-state index >= 15 is 0 Å². The molecule has 0 spiro atoms. The Labute approximate surface area is 124 Å². The quantitative estimate of drug-likeness (QED) is 0.842. The van der Waals surface area contributed by atoms with E-state index in [0.29, 0.717) is 25.3 Å². The fourth-order valence-electron chi connectivity index (χ4n) is 2.30. The Balaban J connectivity index is 0.00000200. The first kappa shape index (κ1) is 16.7. The number of ether oxygens (including phenoxy) is 2. The number of amides is 1. The molecule has 1 aliphatic rings. The van der Waals surface area contributed by atoms with Gasteiger partial charge in [-0.2, -0.15) is 0 Å². The number of hydrogen-bond donors (Lipinski definition) is 0. The van der Waals surface area contributed by atoms with Crippen LogP contribution in [0.3, 0.4) is 0 Å². The second-order valence-corrected chi connectivity index (χ2v) is 4.45. The third kappa shape index (κ3) is 3.41. The summed E-state index contributed by atoms with van der Waals surface area (Å²) in [7, 11) is 0. The highest BCUT2D eigenvalue weighted by Gasteiger charge is 2.34. The SMILES string of the molecule is CCOC(=O)N1CCOC(c2ccccc2F)C1C.Cl. The third-order valence-corrected chi connectivity index (χ3v) is 3.27. The maximum Gasteiger partial charge on any atom is 0.410 e. The van der Waals surface area contributed by atoms with Crippen molar-refractivity contribution in [3.63, 3.8) is 0 Å². The van der Waals surface area contributed by atoms with Crippen molar-refractivity contribution in [2.24, 2.45) is 0 Å². The summed E-state index contributed by atoms with van der Waals surface area (Å²) in [5.41, 5.74) is 0.476. The molecule has 2 atom stereocenters. The van der Waals surface area contributed by atoms with Crippen molar-refractivity contribution in [2.45, 2.75) is 26.0 Å². The van der Waals surface area contributed by atoms with Crippen LogP contribution >= 0.6 is 12.4 Å². The lowest BCUT2D eigenvalue weighted by molar-refractivity contribution is -0.0625. The number of rotatable bonds is 2. The van der Waals surface area contributed by atoms with Crippen LogP contribution in [0.5, 0.6) is 0 Å². The van der Waals surface area contributed by atoms with Gasteiger partial charge in [-0.3, -0.25) is 0 Å². The summed E-state index contributed by atoms with van der Waals surface area (Å²) in [6.07, 6.45) is -0.834. The lowest BCUT2D eigenvalue weighted by atomic mass is 10.0. The van der Waals surface area contributed by atoms with Gasteiger partial charge in [0.05, 0.1) is 19.3 Å². The van der Waals surface area contributed by atoms with E-state index < -0.39 is 6.10 Å². The highest BCUT2D eigenvalue weighted by Crippen LogP contribution is 2.30. The fourth-order valence-corrected chi connectivity index (χ4v) is 2.30. The summed E-state index contributed by atoms with van der Waals surface area (Å²) >= 11 is 0. The zero-order valence-corrected chi connectivity index (χ0v) is 12.4. The first-order chi connectivity index (χ1) is 9.15. The molecular formula is C14H19ClFNO3. The van der Waals surface area contributed by atoms with Gasteiger partial charge < -0.3 is 14.4 Å². The van der Waals surface area contributed by atoms with Gasteiger partial charge in [0, 0.05) is 12.1 Å². The molecule has 0 aromatic heterocycles. The van der Waals surface area contributed by atoms with E-state index in [1.54, 1.807) is 30.0 Å². The van der Waals surface area contributed by atoms with Crippen LogP contribution in [0.2, 0.25) is 0 Å². The van der Waals surface area contributed by atoms with Gasteiger partial charge in [0.2, 0.25) is 0 Å². The molecule has 1 saturated heterocycles. The van der Waals surface area contributed by atoms with Crippen LogP contribution in [0.4, 0.5) is 9.18 Å². The molecule has 112 valence electrons. The minimum Gasteiger partial charge on any atom is -0.450 e. The Bertz CT molecular complexity index is 458. The average Bonchev–Trinajstić information content (AvgIpc) is 2.40. The van der Waals surface area contributed by atoms with E-state index in [9.17, 15) is 9.18 Å². The largest absolute Gasteiger partial charge is 0.450 e. The summed E-state index contributed by atoms with van der Waals surface area (Å²) in [6, 6.07) is 6.22. The first-order valence-corrected chi connectivity index (χ1v) is 6.44. The fraction of sp³-hybridized carbons (Fsp3) is 0.500. The Morgan fingerprint density at radius 2 is 2.20 bits per heavy atom. The normalized spacial score (nSPS) is 22.1. The summed E-state index contributed by atoms with van der Waals surface area (Å²) in [6.45, 7) is 4.77. The van der Waals surface area contributed by atoms with Crippen molar-refractivity contribution in [3.05, 3.63) is 35.6 Å². The number of carbonyl (C=O) groups is 1. The topological polar surface area (TPSA) is 38.8 Å². The van der Waals surface area contributed by atoms with E-state index in [0.717, 1.165) is 0 Å². The minimum atomic E-state index is -0.459. The van der Waals surface area contributed by atoms with Crippen LogP contribution in [0.25, 0.3) is 0 Å². The van der Waals surface area contributed by atoms with Crippen molar-refractivity contribution in [1.29, 1.82) is 0 Å². The number of benzene rings is 1. The number of carbonyl (C=O) groups excluding carboxylic acids is 1. The Hall–Kier alpha value is -1.33. The van der Waals surface area contributed by atoms with E-state index in [2.05, 4.69) is 0 Å². The molecule has 2 rings (SSSR count). The van der Waals surface area contributed by atoms with Crippen molar-refractivity contribution in [3.8, 4) is 0 Å². The summed E-state index contributed by atoms with van der Waals surface area (Å²) < 4.78 is 24.4. The predicted octanol–water partition coefficient (Wildman–Crippen LogP) is 3.17. The molecule has 0 saturated carbocycles. The van der Waals surface area contributed by atoms with Crippen LogP contribution in [0, 0.1) is 5.82 Å². The summed E-state index contributed by atoms with van der Waals surface area (Å²) in [5.74, 6) is -0.315. The molecule has 4 nitrogen and oxygen atoms in total. The highest BCUT2D eigenvalue weighted by atomic mass is 35.5. The molecule has 1 aromatic rings. The smallest absolute Gasteiger partial charge is 0.410 e. The molecule has 1 amide bonds. The van der Waals surface area contributed by atoms with Gasteiger partial charge in [0.25, 0.3) is 0 Å². The summed E-state index contributed by atoms with van der Waals surface area (Å²) in [4.78, 5) is 13.4. The second-order valence-electron chi connectivity index (χ2n) is 4.45. The van der Waals surface area contributed by atoms with Crippen molar-refractivity contribution >= 4 is 18.5 Å². The van der Waals surface area contributed by atoms with Gasteiger partial charge in [0.1, 0.15) is 11.9 Å². The Morgan fingerprint density at radius 3 is 2.85 bits per heavy atom. The molecule has 0 aliphatic carbocycles. The standard InChI is InChI=1S/C14H18FNO3.ClH/c1-3-18-14(17)16-8-9-19-13(10(16)2)11-6-4-5-7-12(11)15;/h4-7,10,13H,3,8-9H2,1-2H3;1H. The van der Waals surface area contributed by atoms with Gasteiger partial charge in [-0.05, 0) is 19.9 Å². The maximum atomic E-state index is 13.8. The van der Waals surface area contributed by atoms with E-state index in [1.807, 2.05) is 6.92 Å². The molecule has 0 radical (unpaired) electrons. The molecule has 0 N–H and O–H groups in total. The molecule has 0 bridgehead atoms. The second kappa shape index (κ2) is 7.45. The Morgan fingerprint density at radius 1 is 1.50 bits per heavy atom.